The molecule has 0 saturated carbocycles. The fraction of sp³-hybridized carbons (Fsp3) is 0.333. The zero-order valence-corrected chi connectivity index (χ0v) is 9.29. The SMILES string of the molecule is CC(C)(C)c1cc2c(F)c(F)c(F)cc2[nH]1. The third-order valence-corrected chi connectivity index (χ3v) is 2.57. The maximum atomic E-state index is 13.4. The van der Waals surface area contributed by atoms with Gasteiger partial charge in [0.15, 0.2) is 17.5 Å². The first kappa shape index (κ1) is 11.0. The fourth-order valence-electron chi connectivity index (χ4n) is 1.58. The molecule has 1 nitrogen and oxygen atoms in total. The van der Waals surface area contributed by atoms with Gasteiger partial charge in [0.1, 0.15) is 0 Å². The first-order valence-electron chi connectivity index (χ1n) is 4.97. The third-order valence-electron chi connectivity index (χ3n) is 2.57. The standard InChI is InChI=1S/C12H12F3N/c1-12(2,3)9-4-6-8(16-9)5-7(13)11(15)10(6)14/h4-5,16H,1-3H3. The molecular weight excluding hydrogens is 215 g/mol. The summed E-state index contributed by atoms with van der Waals surface area (Å²) in [6.07, 6.45) is 0. The molecule has 1 aromatic heterocycles. The Balaban J connectivity index is 2.77. The molecule has 0 aliphatic heterocycles. The molecule has 0 radical (unpaired) electrons. The molecule has 0 unspecified atom stereocenters. The first-order chi connectivity index (χ1) is 7.30. The van der Waals surface area contributed by atoms with E-state index in [1.54, 1.807) is 0 Å². The molecule has 0 aliphatic carbocycles. The molecule has 0 fully saturated rings. The number of halogens is 3. The van der Waals surface area contributed by atoms with Gasteiger partial charge in [-0.2, -0.15) is 0 Å². The third kappa shape index (κ3) is 1.58. The molecule has 2 aromatic rings. The normalized spacial score (nSPS) is 12.4. The van der Waals surface area contributed by atoms with E-state index in [1.807, 2.05) is 20.8 Å². The van der Waals surface area contributed by atoms with E-state index in [2.05, 4.69) is 4.98 Å². The molecule has 0 bridgehead atoms. The Morgan fingerprint density at radius 3 is 2.19 bits per heavy atom. The second kappa shape index (κ2) is 3.27. The minimum Gasteiger partial charge on any atom is -0.358 e. The van der Waals surface area contributed by atoms with E-state index >= 15 is 0 Å². The van der Waals surface area contributed by atoms with Crippen LogP contribution in [0.1, 0.15) is 26.5 Å². The highest BCUT2D eigenvalue weighted by molar-refractivity contribution is 5.81. The van der Waals surface area contributed by atoms with E-state index in [0.29, 0.717) is 0 Å². The van der Waals surface area contributed by atoms with Crippen molar-refractivity contribution in [2.75, 3.05) is 0 Å². The monoisotopic (exact) mass is 227 g/mol. The summed E-state index contributed by atoms with van der Waals surface area (Å²) in [6, 6.07) is 2.50. The van der Waals surface area contributed by atoms with E-state index in [0.717, 1.165) is 11.8 Å². The molecule has 0 atom stereocenters. The van der Waals surface area contributed by atoms with Crippen molar-refractivity contribution in [3.05, 3.63) is 35.3 Å². The van der Waals surface area contributed by atoms with Crippen molar-refractivity contribution in [3.63, 3.8) is 0 Å². The molecule has 0 spiro atoms. The molecule has 16 heavy (non-hydrogen) atoms. The van der Waals surface area contributed by atoms with Crippen LogP contribution in [0, 0.1) is 17.5 Å². The van der Waals surface area contributed by atoms with Crippen LogP contribution in [-0.2, 0) is 5.41 Å². The van der Waals surface area contributed by atoms with E-state index in [1.165, 1.54) is 6.07 Å². The second-order valence-electron chi connectivity index (χ2n) is 4.88. The minimum absolute atomic E-state index is 0.0869. The van der Waals surface area contributed by atoms with Gasteiger partial charge in [-0.1, -0.05) is 20.8 Å². The van der Waals surface area contributed by atoms with Gasteiger partial charge in [-0.3, -0.25) is 0 Å². The summed E-state index contributed by atoms with van der Waals surface area (Å²) >= 11 is 0. The molecule has 0 amide bonds. The summed E-state index contributed by atoms with van der Waals surface area (Å²) in [6.45, 7) is 5.80. The van der Waals surface area contributed by atoms with Crippen LogP contribution in [0.25, 0.3) is 10.9 Å². The van der Waals surface area contributed by atoms with Crippen molar-refractivity contribution in [1.29, 1.82) is 0 Å². The second-order valence-corrected chi connectivity index (χ2v) is 4.88. The van der Waals surface area contributed by atoms with E-state index in [-0.39, 0.29) is 16.3 Å². The lowest BCUT2D eigenvalue weighted by Crippen LogP contribution is -2.10. The summed E-state index contributed by atoms with van der Waals surface area (Å²) in [5.74, 6) is -3.74. The van der Waals surface area contributed by atoms with Gasteiger partial charge in [0.2, 0.25) is 0 Å². The van der Waals surface area contributed by atoms with Crippen LogP contribution in [0.15, 0.2) is 12.1 Å². The molecule has 2 rings (SSSR count). The van der Waals surface area contributed by atoms with Crippen molar-refractivity contribution in [1.82, 2.24) is 4.98 Å². The van der Waals surface area contributed by atoms with Gasteiger partial charge in [-0.25, -0.2) is 13.2 Å². The number of aromatic amines is 1. The van der Waals surface area contributed by atoms with Crippen molar-refractivity contribution >= 4 is 10.9 Å². The molecule has 0 saturated heterocycles. The van der Waals surface area contributed by atoms with Crippen molar-refractivity contribution in [2.24, 2.45) is 0 Å². The molecule has 4 heteroatoms. The molecule has 1 aromatic carbocycles. The quantitative estimate of drug-likeness (QED) is 0.657. The van der Waals surface area contributed by atoms with Crippen molar-refractivity contribution in [3.8, 4) is 0 Å². The summed E-state index contributed by atoms with van der Waals surface area (Å²) in [7, 11) is 0. The number of fused-ring (bicyclic) bond motifs is 1. The van der Waals surface area contributed by atoms with Crippen LogP contribution in [0.3, 0.4) is 0 Å². The number of benzene rings is 1. The maximum Gasteiger partial charge on any atom is 0.195 e. The Morgan fingerprint density at radius 2 is 1.62 bits per heavy atom. The Bertz CT molecular complexity index is 549. The van der Waals surface area contributed by atoms with Crippen LogP contribution in [0.2, 0.25) is 0 Å². The van der Waals surface area contributed by atoms with Gasteiger partial charge in [-0.05, 0) is 6.07 Å². The predicted octanol–water partition coefficient (Wildman–Crippen LogP) is 3.88. The Hall–Kier alpha value is -1.45. The van der Waals surface area contributed by atoms with Gasteiger partial charge in [0.05, 0.1) is 5.52 Å². The zero-order chi connectivity index (χ0) is 12.1. The van der Waals surface area contributed by atoms with Gasteiger partial charge in [0.25, 0.3) is 0 Å². The van der Waals surface area contributed by atoms with Crippen LogP contribution < -0.4 is 0 Å². The van der Waals surface area contributed by atoms with E-state index in [4.69, 9.17) is 0 Å². The molecule has 1 N–H and O–H groups in total. The predicted molar refractivity (Wildman–Crippen MR) is 56.9 cm³/mol. The molecule has 1 heterocycles. The number of aromatic nitrogens is 1. The van der Waals surface area contributed by atoms with Gasteiger partial charge in [0, 0.05) is 22.6 Å². The first-order valence-corrected chi connectivity index (χ1v) is 4.97. The summed E-state index contributed by atoms with van der Waals surface area (Å²) in [5.41, 5.74) is 0.797. The van der Waals surface area contributed by atoms with Gasteiger partial charge in [-0.15, -0.1) is 0 Å². The lowest BCUT2D eigenvalue weighted by molar-refractivity contribution is 0.453. The van der Waals surface area contributed by atoms with E-state index in [9.17, 15) is 13.2 Å². The van der Waals surface area contributed by atoms with Crippen LogP contribution in [0.5, 0.6) is 0 Å². The highest BCUT2D eigenvalue weighted by Gasteiger charge is 2.20. The highest BCUT2D eigenvalue weighted by Crippen LogP contribution is 2.29. The maximum absolute atomic E-state index is 13.4. The average molecular weight is 227 g/mol. The van der Waals surface area contributed by atoms with Crippen molar-refractivity contribution < 1.29 is 13.2 Å². The van der Waals surface area contributed by atoms with E-state index < -0.39 is 17.5 Å². The summed E-state index contributed by atoms with van der Waals surface area (Å²) < 4.78 is 39.4. The summed E-state index contributed by atoms with van der Waals surface area (Å²) in [5, 5.41) is 0.0869. The van der Waals surface area contributed by atoms with Gasteiger partial charge >= 0.3 is 0 Å². The van der Waals surface area contributed by atoms with Crippen molar-refractivity contribution in [2.45, 2.75) is 26.2 Å². The van der Waals surface area contributed by atoms with Crippen LogP contribution in [-0.4, -0.2) is 4.98 Å². The molecule has 0 aliphatic rings. The number of rotatable bonds is 0. The number of H-pyrrole nitrogens is 1. The Labute approximate surface area is 91.3 Å². The lowest BCUT2D eigenvalue weighted by Gasteiger charge is -2.15. The smallest absolute Gasteiger partial charge is 0.195 e. The summed E-state index contributed by atoms with van der Waals surface area (Å²) in [4.78, 5) is 2.90. The lowest BCUT2D eigenvalue weighted by atomic mass is 9.92. The minimum atomic E-state index is -1.42. The molecular formula is C12H12F3N. The fourth-order valence-corrected chi connectivity index (χ4v) is 1.58. The zero-order valence-electron chi connectivity index (χ0n) is 9.29. The van der Waals surface area contributed by atoms with Gasteiger partial charge < -0.3 is 4.98 Å². The Kier molecular flexibility index (Phi) is 2.26. The topological polar surface area (TPSA) is 15.8 Å². The number of nitrogens with one attached hydrogen (secondary N) is 1. The number of hydrogen-bond acceptors (Lipinski definition) is 0. The van der Waals surface area contributed by atoms with Crippen LogP contribution in [0.4, 0.5) is 13.2 Å². The number of hydrogen-bond donors (Lipinski definition) is 1. The Morgan fingerprint density at radius 1 is 1.00 bits per heavy atom. The molecule has 86 valence electrons. The largest absolute Gasteiger partial charge is 0.358 e. The van der Waals surface area contributed by atoms with Crippen LogP contribution >= 0.6 is 0 Å². The average Bonchev–Trinajstić information content (AvgIpc) is 2.57. The highest BCUT2D eigenvalue weighted by atomic mass is 19.2.